The van der Waals surface area contributed by atoms with E-state index < -0.39 is 36.1 Å². The minimum absolute atomic E-state index is 0.0322. The number of hydrogen-bond acceptors (Lipinski definition) is 11. The third kappa shape index (κ3) is 10.8. The van der Waals surface area contributed by atoms with Crippen molar-refractivity contribution in [1.82, 2.24) is 39.3 Å². The number of nitrogens with one attached hydrogen (secondary N) is 7. The van der Waals surface area contributed by atoms with Gasteiger partial charge in [-0.1, -0.05) is 24.3 Å². The van der Waals surface area contributed by atoms with Crippen LogP contribution in [0, 0.1) is 0 Å². The maximum atomic E-state index is 13.1. The number of hydrogen-bond donors (Lipinski definition) is 7. The summed E-state index contributed by atoms with van der Waals surface area (Å²) in [4.78, 5) is 98.9. The lowest BCUT2D eigenvalue weighted by Crippen LogP contribution is -2.33. The minimum atomic E-state index is -0.703. The van der Waals surface area contributed by atoms with Gasteiger partial charge in [0.05, 0.1) is 29.7 Å². The zero-order valence-electron chi connectivity index (χ0n) is 31.8. The summed E-state index contributed by atoms with van der Waals surface area (Å²) in [6.07, 6.45) is 6.08. The summed E-state index contributed by atoms with van der Waals surface area (Å²) in [5.74, 6) is -2.85. The van der Waals surface area contributed by atoms with E-state index in [1.807, 2.05) is 6.92 Å². The van der Waals surface area contributed by atoms with Gasteiger partial charge >= 0.3 is 5.97 Å². The number of esters is 1. The second kappa shape index (κ2) is 18.2. The number of aromatic nitrogens is 6. The number of amides is 5. The maximum absolute atomic E-state index is 13.1. The van der Waals surface area contributed by atoms with E-state index >= 15 is 0 Å². The Morgan fingerprint density at radius 1 is 0.789 bits per heavy atom. The molecule has 0 aliphatic heterocycles. The Morgan fingerprint density at radius 2 is 1.47 bits per heavy atom. The predicted octanol–water partition coefficient (Wildman–Crippen LogP) is 1.82. The first-order chi connectivity index (χ1) is 27.2. The topological polar surface area (TPSA) is 257 Å². The van der Waals surface area contributed by atoms with Crippen molar-refractivity contribution >= 4 is 64.3 Å². The molecule has 0 bridgehead atoms. The molecule has 0 radical (unpaired) electrons. The van der Waals surface area contributed by atoms with Crippen LogP contribution in [0.4, 0.5) is 23.0 Å². The summed E-state index contributed by atoms with van der Waals surface area (Å²) in [7, 11) is 4.99. The molecule has 4 aromatic heterocycles. The van der Waals surface area contributed by atoms with Crippen LogP contribution in [-0.4, -0.2) is 90.1 Å². The molecule has 20 nitrogen and oxygen atoms in total. The Hall–Kier alpha value is -7.51. The number of Topliss-reactive ketones (excluding diaryl/α,β-unsaturated/α-hetero) is 1. The molecule has 0 spiro atoms. The molecule has 0 aliphatic carbocycles. The molecular weight excluding hydrogens is 740 g/mol. The molecule has 0 atom stereocenters. The number of aromatic amines is 1. The highest BCUT2D eigenvalue weighted by Gasteiger charge is 2.20. The highest BCUT2D eigenvalue weighted by Crippen LogP contribution is 2.19. The smallest absolute Gasteiger partial charge is 0.325 e. The Morgan fingerprint density at radius 3 is 2.16 bits per heavy atom. The zero-order chi connectivity index (χ0) is 41.2. The first-order valence-corrected chi connectivity index (χ1v) is 17.6. The van der Waals surface area contributed by atoms with E-state index in [0.717, 1.165) is 5.56 Å². The third-order valence-corrected chi connectivity index (χ3v) is 8.29. The fourth-order valence-electron chi connectivity index (χ4n) is 5.52. The molecule has 5 rings (SSSR count). The molecule has 0 fully saturated rings. The third-order valence-electron chi connectivity index (χ3n) is 8.29. The number of imidazole rings is 2. The predicted molar refractivity (Wildman–Crippen MR) is 207 cm³/mol. The van der Waals surface area contributed by atoms with Gasteiger partial charge < -0.3 is 55.3 Å². The van der Waals surface area contributed by atoms with E-state index in [-0.39, 0.29) is 65.8 Å². The number of aryl methyl sites for hydroxylation is 2. The quantitative estimate of drug-likeness (QED) is 0.0529. The van der Waals surface area contributed by atoms with Gasteiger partial charge in [-0.3, -0.25) is 33.6 Å². The number of ether oxygens (including phenoxy) is 1. The fraction of sp³-hybridized carbons (Fsp3) is 0.270. The molecule has 20 heteroatoms. The monoisotopic (exact) mass is 782 g/mol. The second-order valence-corrected chi connectivity index (χ2v) is 12.7. The van der Waals surface area contributed by atoms with Gasteiger partial charge in [-0.15, -0.1) is 0 Å². The number of rotatable bonds is 17. The lowest BCUT2D eigenvalue weighted by atomic mass is 10.1. The van der Waals surface area contributed by atoms with Crippen LogP contribution >= 0.6 is 0 Å². The minimum Gasteiger partial charge on any atom is -0.460 e. The molecule has 298 valence electrons. The van der Waals surface area contributed by atoms with E-state index in [9.17, 15) is 33.6 Å². The number of likely N-dealkylation sites (N-methyl/N-ethyl adjacent to an activating group) is 1. The number of benzene rings is 1. The van der Waals surface area contributed by atoms with Crippen LogP contribution < -0.4 is 31.9 Å². The normalized spacial score (nSPS) is 10.7. The van der Waals surface area contributed by atoms with Gasteiger partial charge in [0.25, 0.3) is 17.7 Å². The molecule has 57 heavy (non-hydrogen) atoms. The average molecular weight is 783 g/mol. The summed E-state index contributed by atoms with van der Waals surface area (Å²) in [6, 6.07) is 9.88. The van der Waals surface area contributed by atoms with E-state index in [2.05, 4.69) is 46.9 Å². The molecular formula is C37H42N12O8. The van der Waals surface area contributed by atoms with Crippen LogP contribution in [0.25, 0.3) is 0 Å². The largest absolute Gasteiger partial charge is 0.460 e. The van der Waals surface area contributed by atoms with Crippen molar-refractivity contribution in [3.8, 4) is 0 Å². The van der Waals surface area contributed by atoms with Crippen molar-refractivity contribution in [2.75, 3.05) is 41.4 Å². The van der Waals surface area contributed by atoms with Gasteiger partial charge in [-0.25, -0.2) is 9.97 Å². The summed E-state index contributed by atoms with van der Waals surface area (Å²) in [5.41, 5.74) is 2.36. The van der Waals surface area contributed by atoms with Crippen molar-refractivity contribution < 1.29 is 38.3 Å². The molecule has 4 heterocycles. The Balaban J connectivity index is 1.10. The Kier molecular flexibility index (Phi) is 13.0. The second-order valence-electron chi connectivity index (χ2n) is 12.7. The highest BCUT2D eigenvalue weighted by molar-refractivity contribution is 6.07. The fourth-order valence-corrected chi connectivity index (χ4v) is 5.52. The molecule has 0 saturated carbocycles. The van der Waals surface area contributed by atoms with Crippen molar-refractivity contribution in [2.45, 2.75) is 33.4 Å². The van der Waals surface area contributed by atoms with Gasteiger partial charge in [0.1, 0.15) is 37.0 Å². The van der Waals surface area contributed by atoms with Crippen molar-refractivity contribution in [1.29, 1.82) is 0 Å². The average Bonchev–Trinajstić information content (AvgIpc) is 3.97. The van der Waals surface area contributed by atoms with Crippen LogP contribution in [0.1, 0.15) is 67.2 Å². The van der Waals surface area contributed by atoms with Crippen LogP contribution in [0.3, 0.4) is 0 Å². The number of nitrogens with zero attached hydrogens (tertiary/aromatic N) is 5. The van der Waals surface area contributed by atoms with E-state index in [4.69, 9.17) is 4.74 Å². The van der Waals surface area contributed by atoms with E-state index in [1.54, 1.807) is 62.4 Å². The van der Waals surface area contributed by atoms with Crippen LogP contribution in [0.2, 0.25) is 0 Å². The molecule has 0 saturated heterocycles. The maximum Gasteiger partial charge on any atom is 0.325 e. The van der Waals surface area contributed by atoms with Crippen LogP contribution in [0.15, 0.2) is 61.2 Å². The molecule has 1 aromatic carbocycles. The molecule has 7 N–H and O–H groups in total. The summed E-state index contributed by atoms with van der Waals surface area (Å²) in [6.45, 7) is 2.89. The number of H-pyrrole nitrogens is 1. The van der Waals surface area contributed by atoms with Crippen LogP contribution in [-0.2, 0) is 52.8 Å². The molecule has 0 unspecified atom stereocenters. The van der Waals surface area contributed by atoms with Gasteiger partial charge in [0.2, 0.25) is 17.6 Å². The molecule has 0 aliphatic rings. The van der Waals surface area contributed by atoms with Gasteiger partial charge in [0, 0.05) is 53.2 Å². The summed E-state index contributed by atoms with van der Waals surface area (Å²) in [5, 5.41) is 16.0. The van der Waals surface area contributed by atoms with E-state index in [1.165, 1.54) is 40.6 Å². The summed E-state index contributed by atoms with van der Waals surface area (Å²) < 4.78 is 9.63. The standard InChI is InChI=1S/C37H42N12O8/c1-6-39-30(51)11-22-7-9-23(10-8-22)20-57-32(53)15-40-31(52)19-49-17-25(12-26(49)21(2)50)42-36(55)33-41-14-28(44-33)46-35(54)27-13-24(16-47(27)4)43-37(56)34-45-29(38-3)18-48(34)5/h7-10,12-14,16-18,38H,6,11,15,19-20H2,1-5H3,(H,39,51)(H,40,52)(H,41,44)(H,42,55)(H,43,56)(H,46,54). The lowest BCUT2D eigenvalue weighted by Gasteiger charge is -2.09. The number of carbonyl (C=O) groups is 7. The van der Waals surface area contributed by atoms with Crippen LogP contribution in [0.5, 0.6) is 0 Å². The van der Waals surface area contributed by atoms with E-state index in [0.29, 0.717) is 23.6 Å². The number of carbonyl (C=O) groups excluding carboxylic acids is 7. The van der Waals surface area contributed by atoms with Gasteiger partial charge in [0.15, 0.2) is 11.6 Å². The van der Waals surface area contributed by atoms with Crippen molar-refractivity contribution in [3.05, 3.63) is 95.3 Å². The Bertz CT molecular complexity index is 2310. The first-order valence-electron chi connectivity index (χ1n) is 17.6. The van der Waals surface area contributed by atoms with Crippen molar-refractivity contribution in [3.63, 3.8) is 0 Å². The summed E-state index contributed by atoms with van der Waals surface area (Å²) >= 11 is 0. The Labute approximate surface area is 325 Å². The molecule has 5 aromatic rings. The SMILES string of the molecule is CCNC(=O)Cc1ccc(COC(=O)CNC(=O)Cn2cc(NC(=O)c3ncc(NC(=O)c4cc(NC(=O)c5nc(NC)cn5C)cn4C)[nH]3)cc2C(C)=O)cc1. The van der Waals surface area contributed by atoms with Crippen molar-refractivity contribution in [2.24, 2.45) is 14.1 Å². The first kappa shape index (κ1) is 40.7. The highest BCUT2D eigenvalue weighted by atomic mass is 16.5. The van der Waals surface area contributed by atoms with Gasteiger partial charge in [-0.2, -0.15) is 0 Å². The van der Waals surface area contributed by atoms with Gasteiger partial charge in [-0.05, 0) is 30.2 Å². The zero-order valence-corrected chi connectivity index (χ0v) is 31.8. The lowest BCUT2D eigenvalue weighted by molar-refractivity contribution is -0.145. The number of ketones is 1. The number of anilines is 4. The molecule has 5 amide bonds.